The number of rotatable bonds is 3. The molecular formula is C8H9N2O+. The van der Waals surface area contributed by atoms with Gasteiger partial charge in [0, 0.05) is 6.42 Å². The summed E-state index contributed by atoms with van der Waals surface area (Å²) in [6, 6.07) is 0. The fourth-order valence-electron chi connectivity index (χ4n) is 0.604. The van der Waals surface area contributed by atoms with Crippen LogP contribution in [0.2, 0.25) is 0 Å². The molecule has 0 aliphatic heterocycles. The minimum absolute atomic E-state index is 0.515. The van der Waals surface area contributed by atoms with Gasteiger partial charge < -0.3 is 4.74 Å². The van der Waals surface area contributed by atoms with Crippen LogP contribution in [0.3, 0.4) is 0 Å². The lowest BCUT2D eigenvalue weighted by molar-refractivity contribution is -0.380. The van der Waals surface area contributed by atoms with E-state index in [0.29, 0.717) is 18.9 Å². The summed E-state index contributed by atoms with van der Waals surface area (Å²) in [5, 5.41) is 0. The Bertz CT molecular complexity index is 240. The van der Waals surface area contributed by atoms with Gasteiger partial charge in [0.05, 0.1) is 6.20 Å². The van der Waals surface area contributed by atoms with Crippen molar-refractivity contribution in [3.63, 3.8) is 0 Å². The van der Waals surface area contributed by atoms with Crippen molar-refractivity contribution in [1.82, 2.24) is 4.98 Å². The van der Waals surface area contributed by atoms with Crippen LogP contribution in [0.25, 0.3) is 0 Å². The molecular weight excluding hydrogens is 140 g/mol. The number of hydrogen-bond acceptors (Lipinski definition) is 2. The summed E-state index contributed by atoms with van der Waals surface area (Å²) in [6.45, 7) is 0.515. The van der Waals surface area contributed by atoms with Crippen LogP contribution in [0.5, 0.6) is 5.88 Å². The summed E-state index contributed by atoms with van der Waals surface area (Å²) in [5.41, 5.74) is 0. The Labute approximate surface area is 65.4 Å². The van der Waals surface area contributed by atoms with E-state index < -0.39 is 0 Å². The summed E-state index contributed by atoms with van der Waals surface area (Å²) in [4.78, 5) is 6.78. The Hall–Kier alpha value is -1.56. The molecule has 0 aromatic carbocycles. The second kappa shape index (κ2) is 4.29. The van der Waals surface area contributed by atoms with Gasteiger partial charge in [-0.2, -0.15) is 0 Å². The van der Waals surface area contributed by atoms with E-state index in [-0.39, 0.29) is 0 Å². The highest BCUT2D eigenvalue weighted by Gasteiger charge is 1.94. The topological polar surface area (TPSA) is 36.3 Å². The maximum atomic E-state index is 5.16. The summed E-state index contributed by atoms with van der Waals surface area (Å²) >= 11 is 0. The number of hydrogen-bond donors (Lipinski definition) is 0. The predicted octanol–water partition coefficient (Wildman–Crippen LogP) is 0.298. The third-order valence-electron chi connectivity index (χ3n) is 1.08. The molecule has 0 aliphatic rings. The molecule has 0 unspecified atom stereocenters. The second-order valence-corrected chi connectivity index (χ2v) is 1.90. The maximum Gasteiger partial charge on any atom is 0.279 e. The zero-order chi connectivity index (χ0) is 7.94. The van der Waals surface area contributed by atoms with E-state index in [9.17, 15) is 0 Å². The van der Waals surface area contributed by atoms with Gasteiger partial charge in [0.1, 0.15) is 6.61 Å². The molecule has 3 heteroatoms. The molecule has 1 rings (SSSR count). The molecule has 0 saturated carbocycles. The summed E-state index contributed by atoms with van der Waals surface area (Å²) in [6.07, 6.45) is 10.7. The lowest BCUT2D eigenvalue weighted by Crippen LogP contribution is -2.04. The van der Waals surface area contributed by atoms with Gasteiger partial charge in [-0.3, -0.25) is 0 Å². The third kappa shape index (κ3) is 2.67. The number of ether oxygens (including phenoxy) is 1. The highest BCUT2D eigenvalue weighted by molar-refractivity contribution is 4.97. The van der Waals surface area contributed by atoms with E-state index in [1.54, 1.807) is 18.6 Å². The molecule has 0 fully saturated rings. The van der Waals surface area contributed by atoms with Crippen molar-refractivity contribution in [3.8, 4) is 18.2 Å². The standard InChI is InChI=1S/C8H8N2O/c1-2-3-6-11-8-7-9-4-5-10-8/h1,4-5,7H,3,6H2/p+1. The molecule has 0 saturated heterocycles. The molecule has 1 N–H and O–H groups in total. The molecule has 11 heavy (non-hydrogen) atoms. The van der Waals surface area contributed by atoms with E-state index in [2.05, 4.69) is 15.9 Å². The fourth-order valence-corrected chi connectivity index (χ4v) is 0.604. The molecule has 0 atom stereocenters. The molecule has 56 valence electrons. The van der Waals surface area contributed by atoms with Crippen molar-refractivity contribution in [2.75, 3.05) is 6.61 Å². The van der Waals surface area contributed by atoms with E-state index >= 15 is 0 Å². The molecule has 0 bridgehead atoms. The third-order valence-corrected chi connectivity index (χ3v) is 1.08. The van der Waals surface area contributed by atoms with Crippen LogP contribution >= 0.6 is 0 Å². The minimum atomic E-state index is 0.515. The number of H-pyrrole nitrogens is 1. The lowest BCUT2D eigenvalue weighted by Gasteiger charge is -1.97. The van der Waals surface area contributed by atoms with E-state index in [0.717, 1.165) is 0 Å². The number of nitrogens with zero attached hydrogens (tertiary/aromatic N) is 1. The molecule has 0 amide bonds. The van der Waals surface area contributed by atoms with Crippen molar-refractivity contribution >= 4 is 0 Å². The largest absolute Gasteiger partial charge is 0.472 e. The normalized spacial score (nSPS) is 8.64. The second-order valence-electron chi connectivity index (χ2n) is 1.90. The Kier molecular flexibility index (Phi) is 2.94. The first-order chi connectivity index (χ1) is 5.43. The van der Waals surface area contributed by atoms with Crippen LogP contribution in [-0.2, 0) is 0 Å². The van der Waals surface area contributed by atoms with Gasteiger partial charge in [-0.05, 0) is 0 Å². The molecule has 1 aromatic heterocycles. The number of aromatic nitrogens is 2. The number of terminal acetylenes is 1. The van der Waals surface area contributed by atoms with Crippen LogP contribution in [-0.4, -0.2) is 11.6 Å². The smallest absolute Gasteiger partial charge is 0.279 e. The van der Waals surface area contributed by atoms with Crippen LogP contribution in [0, 0.1) is 12.3 Å². The summed E-state index contributed by atoms with van der Waals surface area (Å²) in [7, 11) is 0. The summed E-state index contributed by atoms with van der Waals surface area (Å²) in [5.74, 6) is 3.05. The predicted molar refractivity (Wildman–Crippen MR) is 39.7 cm³/mol. The van der Waals surface area contributed by atoms with Gasteiger partial charge in [0.15, 0.2) is 6.20 Å². The zero-order valence-electron chi connectivity index (χ0n) is 6.08. The van der Waals surface area contributed by atoms with Crippen LogP contribution < -0.4 is 9.72 Å². The average molecular weight is 149 g/mol. The molecule has 0 spiro atoms. The molecule has 1 heterocycles. The van der Waals surface area contributed by atoms with Gasteiger partial charge >= 0.3 is 0 Å². The molecule has 3 nitrogen and oxygen atoms in total. The molecule has 0 aliphatic carbocycles. The van der Waals surface area contributed by atoms with Gasteiger partial charge in [-0.1, -0.05) is 0 Å². The highest BCUT2D eigenvalue weighted by Crippen LogP contribution is 1.97. The quantitative estimate of drug-likeness (QED) is 0.457. The zero-order valence-corrected chi connectivity index (χ0v) is 6.08. The van der Waals surface area contributed by atoms with Crippen molar-refractivity contribution in [2.45, 2.75) is 6.42 Å². The monoisotopic (exact) mass is 149 g/mol. The average Bonchev–Trinajstić information content (AvgIpc) is 2.07. The van der Waals surface area contributed by atoms with E-state index in [1.165, 1.54) is 0 Å². The Morgan fingerprint density at radius 2 is 2.64 bits per heavy atom. The SMILES string of the molecule is C#CCCOc1c[nH+]ccn1. The Balaban J connectivity index is 2.35. The first-order valence-electron chi connectivity index (χ1n) is 3.32. The molecule has 0 radical (unpaired) electrons. The van der Waals surface area contributed by atoms with Crippen molar-refractivity contribution < 1.29 is 9.72 Å². The molecule has 1 aromatic rings. The fraction of sp³-hybridized carbons (Fsp3) is 0.250. The Morgan fingerprint density at radius 3 is 3.27 bits per heavy atom. The van der Waals surface area contributed by atoms with Crippen LogP contribution in [0.4, 0.5) is 0 Å². The van der Waals surface area contributed by atoms with E-state index in [4.69, 9.17) is 11.2 Å². The summed E-state index contributed by atoms with van der Waals surface area (Å²) < 4.78 is 5.16. The van der Waals surface area contributed by atoms with Gasteiger partial charge in [0.25, 0.3) is 5.88 Å². The number of aromatic amines is 1. The van der Waals surface area contributed by atoms with Crippen LogP contribution in [0.1, 0.15) is 6.42 Å². The Morgan fingerprint density at radius 1 is 1.73 bits per heavy atom. The van der Waals surface area contributed by atoms with Crippen molar-refractivity contribution in [2.24, 2.45) is 0 Å². The first kappa shape index (κ1) is 7.55. The highest BCUT2D eigenvalue weighted by atomic mass is 16.5. The van der Waals surface area contributed by atoms with Crippen molar-refractivity contribution in [3.05, 3.63) is 18.6 Å². The minimum Gasteiger partial charge on any atom is -0.472 e. The first-order valence-corrected chi connectivity index (χ1v) is 3.32. The van der Waals surface area contributed by atoms with Gasteiger partial charge in [-0.15, -0.1) is 12.3 Å². The number of nitrogens with one attached hydrogen (secondary N) is 1. The lowest BCUT2D eigenvalue weighted by atomic mass is 10.5. The maximum absolute atomic E-state index is 5.16. The van der Waals surface area contributed by atoms with Crippen LogP contribution in [0.15, 0.2) is 18.6 Å². The van der Waals surface area contributed by atoms with Crippen molar-refractivity contribution in [1.29, 1.82) is 0 Å². The van der Waals surface area contributed by atoms with Gasteiger partial charge in [-0.25, -0.2) is 9.97 Å². The van der Waals surface area contributed by atoms with Gasteiger partial charge in [0.2, 0.25) is 6.20 Å². The van der Waals surface area contributed by atoms with E-state index in [1.807, 2.05) is 0 Å².